The molecule has 1 aliphatic carbocycles. The molecule has 2 fully saturated rings. The molecule has 1 unspecified atom stereocenters. The average molecular weight is 455 g/mol. The van der Waals surface area contributed by atoms with Crippen LogP contribution in [0.25, 0.3) is 0 Å². The minimum absolute atomic E-state index is 0.153. The normalized spacial score (nSPS) is 23.4. The van der Waals surface area contributed by atoms with Crippen molar-refractivity contribution < 1.29 is 19.1 Å². The molecule has 1 heterocycles. The van der Waals surface area contributed by atoms with Crippen LogP contribution in [0.5, 0.6) is 0 Å². The molecule has 3 atom stereocenters. The lowest BCUT2D eigenvalue weighted by Gasteiger charge is -2.34. The number of carbonyl (C=O) groups is 3. The zero-order valence-corrected chi connectivity index (χ0v) is 19.0. The Morgan fingerprint density at radius 3 is 1.91 bits per heavy atom. The number of amides is 3. The number of fused-ring (bicyclic) bond motifs is 1. The maximum Gasteiger partial charge on any atom is 0.327 e. The fourth-order valence-corrected chi connectivity index (χ4v) is 5.20. The molecular weight excluding hydrogens is 428 g/mol. The third-order valence-electron chi connectivity index (χ3n) is 6.75. The van der Waals surface area contributed by atoms with Crippen LogP contribution in [-0.4, -0.2) is 40.4 Å². The lowest BCUT2D eigenvalue weighted by atomic mass is 9.92. The van der Waals surface area contributed by atoms with Gasteiger partial charge in [-0.25, -0.2) is 4.79 Å². The van der Waals surface area contributed by atoms with Crippen molar-refractivity contribution >= 4 is 17.9 Å². The first-order valence-corrected chi connectivity index (χ1v) is 11.5. The Morgan fingerprint density at radius 1 is 0.824 bits per heavy atom. The Hall–Kier alpha value is -3.93. The number of urea groups is 1. The second-order valence-electron chi connectivity index (χ2n) is 8.68. The van der Waals surface area contributed by atoms with Crippen molar-refractivity contribution in [2.75, 3.05) is 6.61 Å². The van der Waals surface area contributed by atoms with Gasteiger partial charge in [-0.2, -0.15) is 0 Å². The van der Waals surface area contributed by atoms with Crippen molar-refractivity contribution in [1.29, 1.82) is 0 Å². The minimum atomic E-state index is -1.22. The Bertz CT molecular complexity index is 1200. The van der Waals surface area contributed by atoms with Crippen molar-refractivity contribution in [2.45, 2.75) is 31.5 Å². The Labute approximate surface area is 198 Å². The summed E-state index contributed by atoms with van der Waals surface area (Å²) in [5, 5.41) is 0. The molecule has 3 amide bonds. The number of rotatable bonds is 7. The number of benzene rings is 3. The van der Waals surface area contributed by atoms with E-state index in [9.17, 15) is 14.4 Å². The molecule has 3 aromatic rings. The summed E-state index contributed by atoms with van der Waals surface area (Å²) in [5.41, 5.74) is 1.26. The highest BCUT2D eigenvalue weighted by Gasteiger charge is 2.80. The van der Waals surface area contributed by atoms with E-state index in [4.69, 9.17) is 4.74 Å². The van der Waals surface area contributed by atoms with E-state index in [1.165, 1.54) is 4.90 Å². The number of ether oxygens (including phenoxy) is 1. The van der Waals surface area contributed by atoms with E-state index >= 15 is 0 Å². The number of imide groups is 1. The maximum absolute atomic E-state index is 13.8. The first kappa shape index (κ1) is 21.9. The molecule has 0 bridgehead atoms. The predicted octanol–water partition coefficient (Wildman–Crippen LogP) is 4.15. The van der Waals surface area contributed by atoms with Gasteiger partial charge in [-0.05, 0) is 23.6 Å². The van der Waals surface area contributed by atoms with E-state index < -0.39 is 23.3 Å². The largest absolute Gasteiger partial charge is 0.465 e. The second kappa shape index (κ2) is 8.78. The molecule has 172 valence electrons. The van der Waals surface area contributed by atoms with Crippen LogP contribution in [0.1, 0.15) is 23.6 Å². The second-order valence-corrected chi connectivity index (χ2v) is 8.68. The number of hydrogen-bond donors (Lipinski definition) is 0. The summed E-state index contributed by atoms with van der Waals surface area (Å²) in [6.45, 7) is 2.40. The van der Waals surface area contributed by atoms with E-state index in [0.717, 1.165) is 11.1 Å². The molecule has 34 heavy (non-hydrogen) atoms. The van der Waals surface area contributed by atoms with E-state index in [0.29, 0.717) is 12.1 Å². The first-order valence-electron chi connectivity index (χ1n) is 11.5. The lowest BCUT2D eigenvalue weighted by molar-refractivity contribution is -0.148. The van der Waals surface area contributed by atoms with Gasteiger partial charge in [0.25, 0.3) is 0 Å². The standard InChI is InChI=1S/C28H26N2O4/c1-2-34-26(32)28(22-16-10-5-11-17-22)23-24(28)29(18-20-12-6-3-7-13-20)27(33)30(25(23)31)19-21-14-8-4-9-15-21/h3-17,23-24H,2,18-19H2,1H3/t23-,24-,28?/m0/s1. The summed E-state index contributed by atoms with van der Waals surface area (Å²) in [6.07, 6.45) is 0. The molecule has 5 rings (SSSR count). The monoisotopic (exact) mass is 454 g/mol. The summed E-state index contributed by atoms with van der Waals surface area (Å²) in [4.78, 5) is 43.9. The summed E-state index contributed by atoms with van der Waals surface area (Å²) in [5.74, 6) is -1.49. The van der Waals surface area contributed by atoms with Crippen LogP contribution in [0.2, 0.25) is 0 Å². The van der Waals surface area contributed by atoms with Gasteiger partial charge in [0.1, 0.15) is 5.41 Å². The molecule has 1 aliphatic heterocycles. The lowest BCUT2D eigenvalue weighted by Crippen LogP contribution is -2.52. The molecule has 3 aromatic carbocycles. The fraction of sp³-hybridized carbons (Fsp3) is 0.250. The van der Waals surface area contributed by atoms with Crippen molar-refractivity contribution in [3.05, 3.63) is 108 Å². The molecule has 0 spiro atoms. The van der Waals surface area contributed by atoms with Gasteiger partial charge in [-0.3, -0.25) is 14.5 Å². The van der Waals surface area contributed by atoms with Gasteiger partial charge in [-0.15, -0.1) is 0 Å². The summed E-state index contributed by atoms with van der Waals surface area (Å²) >= 11 is 0. The van der Waals surface area contributed by atoms with Crippen LogP contribution in [0.3, 0.4) is 0 Å². The van der Waals surface area contributed by atoms with Gasteiger partial charge < -0.3 is 9.64 Å². The van der Waals surface area contributed by atoms with Crippen molar-refractivity contribution in [3.63, 3.8) is 0 Å². The van der Waals surface area contributed by atoms with Crippen molar-refractivity contribution in [3.8, 4) is 0 Å². The summed E-state index contributed by atoms with van der Waals surface area (Å²) < 4.78 is 5.50. The molecule has 0 aromatic heterocycles. The predicted molar refractivity (Wildman–Crippen MR) is 126 cm³/mol. The van der Waals surface area contributed by atoms with Gasteiger partial charge in [-0.1, -0.05) is 91.0 Å². The summed E-state index contributed by atoms with van der Waals surface area (Å²) in [6, 6.07) is 27.3. The number of esters is 1. The van der Waals surface area contributed by atoms with Crippen molar-refractivity contribution in [2.24, 2.45) is 5.92 Å². The molecular formula is C28H26N2O4. The molecule has 0 N–H and O–H groups in total. The zero-order valence-electron chi connectivity index (χ0n) is 19.0. The highest BCUT2D eigenvalue weighted by Crippen LogP contribution is 2.61. The van der Waals surface area contributed by atoms with E-state index in [2.05, 4.69) is 0 Å². The molecule has 0 radical (unpaired) electrons. The highest BCUT2D eigenvalue weighted by atomic mass is 16.5. The zero-order chi connectivity index (χ0) is 23.7. The third kappa shape index (κ3) is 3.46. The number of nitrogens with zero attached hydrogens (tertiary/aromatic N) is 2. The van der Waals surface area contributed by atoms with Gasteiger partial charge in [0.2, 0.25) is 5.91 Å². The minimum Gasteiger partial charge on any atom is -0.465 e. The molecule has 1 saturated carbocycles. The topological polar surface area (TPSA) is 66.9 Å². The molecule has 2 aliphatic rings. The SMILES string of the molecule is CCOC(=O)C1(c2ccccc2)[C@@H]2C(=O)N(Cc3ccccc3)C(=O)N(Cc3ccccc3)[C@@H]21. The van der Waals surface area contributed by atoms with Gasteiger partial charge in [0, 0.05) is 6.54 Å². The van der Waals surface area contributed by atoms with Crippen LogP contribution >= 0.6 is 0 Å². The number of carbonyl (C=O) groups excluding carboxylic acids is 3. The Kier molecular flexibility index (Phi) is 5.65. The van der Waals surface area contributed by atoms with Crippen LogP contribution in [0, 0.1) is 5.92 Å². The van der Waals surface area contributed by atoms with Gasteiger partial charge in [0.15, 0.2) is 0 Å². The maximum atomic E-state index is 13.8. The Balaban J connectivity index is 1.60. The van der Waals surface area contributed by atoms with E-state index in [-0.39, 0.29) is 25.1 Å². The highest BCUT2D eigenvalue weighted by molar-refractivity contribution is 6.09. The fourth-order valence-electron chi connectivity index (χ4n) is 5.20. The molecule has 6 heteroatoms. The first-order chi connectivity index (χ1) is 16.6. The molecule has 6 nitrogen and oxygen atoms in total. The van der Waals surface area contributed by atoms with Gasteiger partial charge in [0.05, 0.1) is 25.1 Å². The van der Waals surface area contributed by atoms with Crippen LogP contribution in [-0.2, 0) is 32.8 Å². The van der Waals surface area contributed by atoms with Gasteiger partial charge >= 0.3 is 12.0 Å². The Morgan fingerprint density at radius 2 is 1.35 bits per heavy atom. The van der Waals surface area contributed by atoms with Crippen LogP contribution in [0.15, 0.2) is 91.0 Å². The smallest absolute Gasteiger partial charge is 0.327 e. The number of hydrogen-bond acceptors (Lipinski definition) is 4. The van der Waals surface area contributed by atoms with Crippen LogP contribution in [0.4, 0.5) is 4.79 Å². The summed E-state index contributed by atoms with van der Waals surface area (Å²) in [7, 11) is 0. The molecule has 1 saturated heterocycles. The quantitative estimate of drug-likeness (QED) is 0.503. The van der Waals surface area contributed by atoms with Crippen LogP contribution < -0.4 is 0 Å². The average Bonchev–Trinajstić information content (AvgIpc) is 3.58. The third-order valence-corrected chi connectivity index (χ3v) is 6.75. The van der Waals surface area contributed by atoms with E-state index in [1.807, 2.05) is 91.0 Å². The van der Waals surface area contributed by atoms with E-state index in [1.54, 1.807) is 11.8 Å². The van der Waals surface area contributed by atoms with Crippen molar-refractivity contribution in [1.82, 2.24) is 9.80 Å².